The van der Waals surface area contributed by atoms with Gasteiger partial charge in [-0.3, -0.25) is 0 Å². The van der Waals surface area contributed by atoms with Crippen LogP contribution < -0.4 is 14.8 Å². The van der Waals surface area contributed by atoms with Gasteiger partial charge < -0.3 is 19.5 Å². The van der Waals surface area contributed by atoms with Crippen molar-refractivity contribution in [1.29, 1.82) is 0 Å². The Kier molecular flexibility index (Phi) is 8.39. The van der Waals surface area contributed by atoms with Crippen molar-refractivity contribution in [2.75, 3.05) is 26.9 Å². The average Bonchev–Trinajstić information content (AvgIpc) is 2.78. The molecule has 0 bridgehead atoms. The molecule has 170 valence electrons. The highest BCUT2D eigenvalue weighted by Gasteiger charge is 2.39. The molecular weight excluding hydrogens is 386 g/mol. The first-order valence-corrected chi connectivity index (χ1v) is 11.7. The second-order valence-electron chi connectivity index (χ2n) is 9.10. The standard InChI is InChI=1S/C27H39NO3/c1-6-30-24-12-9-22(17-25(24)29-5)19-28-15-13-27(23-10-7-21(4)8-11-23)14-16-31-26(18-27)20(2)3/h7-12,17,20,26,28H,6,13-16,18-19H2,1-5H3/t26-,27+/m1/s1. The van der Waals surface area contributed by atoms with Crippen LogP contribution in [0.25, 0.3) is 0 Å². The summed E-state index contributed by atoms with van der Waals surface area (Å²) in [5.74, 6) is 2.13. The number of hydrogen-bond acceptors (Lipinski definition) is 4. The first-order chi connectivity index (χ1) is 15.0. The lowest BCUT2D eigenvalue weighted by atomic mass is 9.68. The molecule has 3 rings (SSSR count). The minimum Gasteiger partial charge on any atom is -0.493 e. The van der Waals surface area contributed by atoms with Crippen LogP contribution in [0.5, 0.6) is 11.5 Å². The van der Waals surface area contributed by atoms with Crippen molar-refractivity contribution in [3.05, 3.63) is 59.2 Å². The molecule has 2 aromatic rings. The van der Waals surface area contributed by atoms with Gasteiger partial charge in [-0.2, -0.15) is 0 Å². The molecule has 1 heterocycles. The van der Waals surface area contributed by atoms with Gasteiger partial charge in [-0.1, -0.05) is 49.7 Å². The fraction of sp³-hybridized carbons (Fsp3) is 0.556. The van der Waals surface area contributed by atoms with Crippen LogP contribution in [0.1, 0.15) is 56.7 Å². The Morgan fingerprint density at radius 1 is 1.13 bits per heavy atom. The summed E-state index contributed by atoms with van der Waals surface area (Å²) in [6, 6.07) is 15.3. The zero-order chi connectivity index (χ0) is 22.3. The molecule has 4 heteroatoms. The molecule has 1 aliphatic rings. The third-order valence-electron chi connectivity index (χ3n) is 6.55. The monoisotopic (exact) mass is 425 g/mol. The average molecular weight is 426 g/mol. The van der Waals surface area contributed by atoms with Crippen LogP contribution in [0.2, 0.25) is 0 Å². The Bertz CT molecular complexity index is 818. The van der Waals surface area contributed by atoms with Crippen molar-refractivity contribution < 1.29 is 14.2 Å². The Labute approximate surface area is 188 Å². The van der Waals surface area contributed by atoms with Gasteiger partial charge in [0.1, 0.15) is 0 Å². The minimum atomic E-state index is 0.171. The third-order valence-corrected chi connectivity index (χ3v) is 6.55. The number of methoxy groups -OCH3 is 1. The van der Waals surface area contributed by atoms with Crippen LogP contribution in [0.3, 0.4) is 0 Å². The Morgan fingerprint density at radius 3 is 2.58 bits per heavy atom. The smallest absolute Gasteiger partial charge is 0.161 e. The molecule has 0 aliphatic carbocycles. The van der Waals surface area contributed by atoms with E-state index in [9.17, 15) is 0 Å². The van der Waals surface area contributed by atoms with Gasteiger partial charge in [-0.15, -0.1) is 0 Å². The summed E-state index contributed by atoms with van der Waals surface area (Å²) in [7, 11) is 1.69. The number of ether oxygens (including phenoxy) is 3. The second-order valence-corrected chi connectivity index (χ2v) is 9.10. The molecule has 0 aromatic heterocycles. The van der Waals surface area contributed by atoms with Crippen molar-refractivity contribution >= 4 is 0 Å². The van der Waals surface area contributed by atoms with E-state index in [1.54, 1.807) is 7.11 Å². The maximum atomic E-state index is 6.13. The Balaban J connectivity index is 1.66. The van der Waals surface area contributed by atoms with Crippen molar-refractivity contribution in [2.45, 2.75) is 65.0 Å². The van der Waals surface area contributed by atoms with Gasteiger partial charge in [0.05, 0.1) is 19.8 Å². The van der Waals surface area contributed by atoms with E-state index in [2.05, 4.69) is 62.5 Å². The maximum absolute atomic E-state index is 6.13. The molecule has 1 fully saturated rings. The summed E-state index contributed by atoms with van der Waals surface area (Å²) in [6.07, 6.45) is 3.60. The van der Waals surface area contributed by atoms with Gasteiger partial charge >= 0.3 is 0 Å². The number of nitrogens with one attached hydrogen (secondary N) is 1. The number of hydrogen-bond donors (Lipinski definition) is 1. The van der Waals surface area contributed by atoms with E-state index >= 15 is 0 Å². The maximum Gasteiger partial charge on any atom is 0.161 e. The molecule has 1 N–H and O–H groups in total. The topological polar surface area (TPSA) is 39.7 Å². The lowest BCUT2D eigenvalue weighted by Gasteiger charge is -2.43. The molecular formula is C27H39NO3. The molecule has 1 aliphatic heterocycles. The predicted molar refractivity (Wildman–Crippen MR) is 127 cm³/mol. The third kappa shape index (κ3) is 6.02. The minimum absolute atomic E-state index is 0.171. The van der Waals surface area contributed by atoms with Crippen LogP contribution in [0.4, 0.5) is 0 Å². The molecule has 0 saturated carbocycles. The van der Waals surface area contributed by atoms with E-state index < -0.39 is 0 Å². The van der Waals surface area contributed by atoms with E-state index in [0.717, 1.165) is 50.5 Å². The Hall–Kier alpha value is -2.04. The zero-order valence-electron chi connectivity index (χ0n) is 19.9. The highest BCUT2D eigenvalue weighted by molar-refractivity contribution is 5.43. The van der Waals surface area contributed by atoms with Crippen LogP contribution in [-0.2, 0) is 16.7 Å². The lowest BCUT2D eigenvalue weighted by Crippen LogP contribution is -2.42. The van der Waals surface area contributed by atoms with Gasteiger partial charge in [-0.25, -0.2) is 0 Å². The molecule has 0 amide bonds. The second kappa shape index (κ2) is 11.0. The SMILES string of the molecule is CCOc1ccc(CNCC[C@]2(c3ccc(C)cc3)CCO[C@@H](C(C)C)C2)cc1OC. The van der Waals surface area contributed by atoms with E-state index in [1.807, 2.05) is 13.0 Å². The fourth-order valence-corrected chi connectivity index (χ4v) is 4.58. The van der Waals surface area contributed by atoms with E-state index in [4.69, 9.17) is 14.2 Å². The summed E-state index contributed by atoms with van der Waals surface area (Å²) >= 11 is 0. The largest absolute Gasteiger partial charge is 0.493 e. The first kappa shape index (κ1) is 23.6. The molecule has 31 heavy (non-hydrogen) atoms. The van der Waals surface area contributed by atoms with Crippen LogP contribution >= 0.6 is 0 Å². The number of aryl methyl sites for hydroxylation is 1. The normalized spacial score (nSPS) is 21.3. The van der Waals surface area contributed by atoms with Crippen LogP contribution in [-0.4, -0.2) is 33.0 Å². The molecule has 4 nitrogen and oxygen atoms in total. The first-order valence-electron chi connectivity index (χ1n) is 11.7. The van der Waals surface area contributed by atoms with E-state index in [0.29, 0.717) is 18.6 Å². The van der Waals surface area contributed by atoms with Crippen molar-refractivity contribution in [2.24, 2.45) is 5.92 Å². The summed E-state index contributed by atoms with van der Waals surface area (Å²) in [4.78, 5) is 0. The predicted octanol–water partition coefficient (Wildman–Crippen LogP) is 5.66. The summed E-state index contributed by atoms with van der Waals surface area (Å²) in [5, 5.41) is 3.66. The summed E-state index contributed by atoms with van der Waals surface area (Å²) < 4.78 is 17.2. The Morgan fingerprint density at radius 2 is 1.90 bits per heavy atom. The summed E-state index contributed by atoms with van der Waals surface area (Å²) in [6.45, 7) is 11.9. The van der Waals surface area contributed by atoms with E-state index in [1.165, 1.54) is 16.7 Å². The quantitative estimate of drug-likeness (QED) is 0.499. The van der Waals surface area contributed by atoms with Gasteiger partial charge in [0.2, 0.25) is 0 Å². The lowest BCUT2D eigenvalue weighted by molar-refractivity contribution is -0.0469. The molecule has 1 saturated heterocycles. The molecule has 0 unspecified atom stereocenters. The molecule has 0 radical (unpaired) electrons. The number of rotatable bonds is 10. The van der Waals surface area contributed by atoms with Gasteiger partial charge in [0.25, 0.3) is 0 Å². The van der Waals surface area contributed by atoms with Crippen molar-refractivity contribution in [3.8, 4) is 11.5 Å². The van der Waals surface area contributed by atoms with Crippen LogP contribution in [0, 0.1) is 12.8 Å². The van der Waals surface area contributed by atoms with E-state index in [-0.39, 0.29) is 5.41 Å². The van der Waals surface area contributed by atoms with Gasteiger partial charge in [0, 0.05) is 18.6 Å². The molecule has 2 atom stereocenters. The zero-order valence-corrected chi connectivity index (χ0v) is 19.9. The molecule has 2 aromatic carbocycles. The molecule has 0 spiro atoms. The summed E-state index contributed by atoms with van der Waals surface area (Å²) in [5.41, 5.74) is 4.15. The number of benzene rings is 2. The highest BCUT2D eigenvalue weighted by atomic mass is 16.5. The van der Waals surface area contributed by atoms with Gasteiger partial charge in [0.15, 0.2) is 11.5 Å². The van der Waals surface area contributed by atoms with Gasteiger partial charge in [-0.05, 0) is 68.8 Å². The highest BCUT2D eigenvalue weighted by Crippen LogP contribution is 2.41. The van der Waals surface area contributed by atoms with Crippen LogP contribution in [0.15, 0.2) is 42.5 Å². The van der Waals surface area contributed by atoms with Crippen molar-refractivity contribution in [3.63, 3.8) is 0 Å². The fourth-order valence-electron chi connectivity index (χ4n) is 4.58. The van der Waals surface area contributed by atoms with Crippen molar-refractivity contribution in [1.82, 2.24) is 5.32 Å².